The average molecular weight is 562 g/mol. The average Bonchev–Trinajstić information content (AvgIpc) is 3.49. The highest BCUT2D eigenvalue weighted by Gasteiger charge is 2.25. The van der Waals surface area contributed by atoms with Crippen LogP contribution in [0.3, 0.4) is 0 Å². The monoisotopic (exact) mass is 561 g/mol. The summed E-state index contributed by atoms with van der Waals surface area (Å²) in [5.41, 5.74) is 2.48. The second kappa shape index (κ2) is 11.6. The first-order chi connectivity index (χ1) is 19.3. The number of methoxy groups -OCH3 is 1. The summed E-state index contributed by atoms with van der Waals surface area (Å²) in [4.78, 5) is 42.1. The van der Waals surface area contributed by atoms with E-state index in [-0.39, 0.29) is 22.3 Å². The van der Waals surface area contributed by atoms with E-state index in [9.17, 15) is 18.8 Å². The minimum Gasteiger partial charge on any atom is -0.465 e. The Morgan fingerprint density at radius 2 is 1.65 bits per heavy atom. The van der Waals surface area contributed by atoms with Gasteiger partial charge in [0.05, 0.1) is 29.1 Å². The molecule has 3 aromatic carbocycles. The lowest BCUT2D eigenvalue weighted by molar-refractivity contribution is 0.0600. The van der Waals surface area contributed by atoms with Gasteiger partial charge < -0.3 is 24.3 Å². The normalized spacial score (nSPS) is 13.2. The first-order valence-corrected chi connectivity index (χ1v) is 12.9. The smallest absolute Gasteiger partial charge is 0.337 e. The van der Waals surface area contributed by atoms with Crippen molar-refractivity contribution in [1.82, 2.24) is 4.90 Å². The Morgan fingerprint density at radius 3 is 2.35 bits per heavy atom. The van der Waals surface area contributed by atoms with E-state index in [0.29, 0.717) is 54.4 Å². The van der Waals surface area contributed by atoms with Crippen molar-refractivity contribution >= 4 is 40.8 Å². The van der Waals surface area contributed by atoms with Gasteiger partial charge in [0.15, 0.2) is 5.76 Å². The van der Waals surface area contributed by atoms with Crippen LogP contribution in [0.2, 0.25) is 5.02 Å². The summed E-state index contributed by atoms with van der Waals surface area (Å²) in [6.45, 7) is 2.02. The molecule has 8 nitrogen and oxygen atoms in total. The van der Waals surface area contributed by atoms with E-state index < -0.39 is 17.7 Å². The first kappa shape index (κ1) is 27.0. The fraction of sp³-hybridized carbons (Fsp3) is 0.167. The number of hydrogen-bond donors (Lipinski definition) is 1. The number of furan rings is 1. The quantitative estimate of drug-likeness (QED) is 0.302. The van der Waals surface area contributed by atoms with Crippen molar-refractivity contribution in [2.24, 2.45) is 0 Å². The molecule has 1 aliphatic heterocycles. The number of rotatable bonds is 6. The molecule has 40 heavy (non-hydrogen) atoms. The van der Waals surface area contributed by atoms with Crippen molar-refractivity contribution in [2.45, 2.75) is 0 Å². The summed E-state index contributed by atoms with van der Waals surface area (Å²) in [6, 6.07) is 21.2. The number of carbonyl (C=O) groups is 3. The summed E-state index contributed by atoms with van der Waals surface area (Å²) in [5, 5.41) is 2.78. The molecule has 5 rings (SSSR count). The molecule has 0 unspecified atom stereocenters. The number of nitrogens with zero attached hydrogens (tertiary/aromatic N) is 2. The van der Waals surface area contributed by atoms with Crippen LogP contribution in [0, 0.1) is 5.82 Å². The Labute approximate surface area is 234 Å². The summed E-state index contributed by atoms with van der Waals surface area (Å²) < 4.78 is 24.1. The van der Waals surface area contributed by atoms with Crippen LogP contribution in [0.15, 0.2) is 83.3 Å². The zero-order valence-corrected chi connectivity index (χ0v) is 22.3. The topological polar surface area (TPSA) is 92.1 Å². The summed E-state index contributed by atoms with van der Waals surface area (Å²) in [6.07, 6.45) is 0. The highest BCUT2D eigenvalue weighted by atomic mass is 35.5. The Hall–Kier alpha value is -4.63. The number of hydrogen-bond acceptors (Lipinski definition) is 6. The first-order valence-electron chi connectivity index (χ1n) is 12.5. The predicted molar refractivity (Wildman–Crippen MR) is 149 cm³/mol. The lowest BCUT2D eigenvalue weighted by Crippen LogP contribution is -2.49. The second-order valence-electron chi connectivity index (χ2n) is 9.12. The number of halogens is 2. The maximum atomic E-state index is 13.6. The number of piperazine rings is 1. The lowest BCUT2D eigenvalue weighted by Gasteiger charge is -2.37. The van der Waals surface area contributed by atoms with E-state index in [1.807, 2.05) is 23.1 Å². The van der Waals surface area contributed by atoms with Gasteiger partial charge >= 0.3 is 5.97 Å². The van der Waals surface area contributed by atoms with Gasteiger partial charge in [0.1, 0.15) is 11.6 Å². The van der Waals surface area contributed by atoms with Crippen molar-refractivity contribution in [3.05, 3.63) is 107 Å². The van der Waals surface area contributed by atoms with Crippen molar-refractivity contribution in [3.63, 3.8) is 0 Å². The molecule has 0 aliphatic carbocycles. The molecule has 0 saturated carbocycles. The van der Waals surface area contributed by atoms with Crippen LogP contribution >= 0.6 is 11.6 Å². The molecule has 1 aromatic heterocycles. The molecule has 2 amide bonds. The second-order valence-corrected chi connectivity index (χ2v) is 9.52. The third-order valence-electron chi connectivity index (χ3n) is 6.63. The highest BCUT2D eigenvalue weighted by Crippen LogP contribution is 2.31. The Balaban J connectivity index is 1.35. The van der Waals surface area contributed by atoms with E-state index in [1.54, 1.807) is 41.3 Å². The van der Waals surface area contributed by atoms with E-state index >= 15 is 0 Å². The van der Waals surface area contributed by atoms with Crippen LogP contribution in [-0.2, 0) is 4.74 Å². The number of carbonyl (C=O) groups excluding carboxylic acids is 3. The molecule has 0 spiro atoms. The fourth-order valence-electron chi connectivity index (χ4n) is 4.52. The van der Waals surface area contributed by atoms with Crippen molar-refractivity contribution in [3.8, 4) is 11.3 Å². The van der Waals surface area contributed by atoms with Gasteiger partial charge in [-0.2, -0.15) is 0 Å². The lowest BCUT2D eigenvalue weighted by atomic mass is 10.1. The number of amides is 2. The van der Waals surface area contributed by atoms with Crippen LogP contribution in [0.1, 0.15) is 31.3 Å². The van der Waals surface area contributed by atoms with Crippen molar-refractivity contribution < 1.29 is 27.9 Å². The molecule has 1 saturated heterocycles. The number of nitrogens with one attached hydrogen (secondary N) is 1. The Kier molecular flexibility index (Phi) is 7.84. The van der Waals surface area contributed by atoms with Crippen molar-refractivity contribution in [1.29, 1.82) is 0 Å². The molecular formula is C30H25ClFN3O5. The Morgan fingerprint density at radius 1 is 0.900 bits per heavy atom. The van der Waals surface area contributed by atoms with Gasteiger partial charge in [-0.3, -0.25) is 9.59 Å². The van der Waals surface area contributed by atoms with E-state index in [4.69, 9.17) is 20.8 Å². The fourth-order valence-corrected chi connectivity index (χ4v) is 4.70. The zero-order chi connectivity index (χ0) is 28.2. The third-order valence-corrected chi connectivity index (χ3v) is 6.92. The summed E-state index contributed by atoms with van der Waals surface area (Å²) in [5.74, 6) is -1.32. The molecule has 4 aromatic rings. The molecule has 1 N–H and O–H groups in total. The molecule has 2 heterocycles. The van der Waals surface area contributed by atoms with Crippen LogP contribution in [0.5, 0.6) is 0 Å². The summed E-state index contributed by atoms with van der Waals surface area (Å²) in [7, 11) is 1.28. The van der Waals surface area contributed by atoms with Gasteiger partial charge in [-0.15, -0.1) is 0 Å². The maximum Gasteiger partial charge on any atom is 0.337 e. The largest absolute Gasteiger partial charge is 0.465 e. The third kappa shape index (κ3) is 5.69. The molecule has 1 fully saturated rings. The van der Waals surface area contributed by atoms with Crippen LogP contribution in [0.4, 0.5) is 15.8 Å². The standard InChI is InChI=1S/C30H25ClFN3O5/c1-39-30(38)21-8-10-25(34-13-15-35(16-14-34)29(37)19-5-3-2-4-6-19)24(18-21)33-28(36)27-12-11-26(40-27)20-7-9-23(32)22(31)17-20/h2-12,17-18H,13-16H2,1H3,(H,33,36). The molecular weight excluding hydrogens is 537 g/mol. The van der Waals surface area contributed by atoms with Gasteiger partial charge in [-0.05, 0) is 60.7 Å². The van der Waals surface area contributed by atoms with E-state index in [1.165, 1.54) is 31.4 Å². The van der Waals surface area contributed by atoms with Gasteiger partial charge in [0, 0.05) is 37.3 Å². The van der Waals surface area contributed by atoms with E-state index in [0.717, 1.165) is 0 Å². The van der Waals surface area contributed by atoms with Crippen LogP contribution in [-0.4, -0.2) is 56.0 Å². The van der Waals surface area contributed by atoms with Gasteiger partial charge in [0.25, 0.3) is 11.8 Å². The molecule has 0 atom stereocenters. The number of ether oxygens (including phenoxy) is 1. The van der Waals surface area contributed by atoms with Crippen LogP contribution < -0.4 is 10.2 Å². The predicted octanol–water partition coefficient (Wildman–Crippen LogP) is 5.74. The highest BCUT2D eigenvalue weighted by molar-refractivity contribution is 6.31. The number of anilines is 2. The number of benzene rings is 3. The molecule has 204 valence electrons. The minimum atomic E-state index is -0.557. The van der Waals surface area contributed by atoms with E-state index in [2.05, 4.69) is 5.32 Å². The Bertz CT molecular complexity index is 1560. The molecule has 1 aliphatic rings. The SMILES string of the molecule is COC(=O)c1ccc(N2CCN(C(=O)c3ccccc3)CC2)c(NC(=O)c2ccc(-c3ccc(F)c(Cl)c3)o2)c1. The van der Waals surface area contributed by atoms with Gasteiger partial charge in [-0.1, -0.05) is 29.8 Å². The van der Waals surface area contributed by atoms with Gasteiger partial charge in [0.2, 0.25) is 0 Å². The molecule has 10 heteroatoms. The van der Waals surface area contributed by atoms with Crippen molar-refractivity contribution in [2.75, 3.05) is 43.5 Å². The molecule has 0 radical (unpaired) electrons. The van der Waals surface area contributed by atoms with Gasteiger partial charge in [-0.25, -0.2) is 9.18 Å². The molecule has 0 bridgehead atoms. The number of esters is 1. The maximum absolute atomic E-state index is 13.6. The summed E-state index contributed by atoms with van der Waals surface area (Å²) >= 11 is 5.88. The zero-order valence-electron chi connectivity index (χ0n) is 21.5. The van der Waals surface area contributed by atoms with Crippen LogP contribution in [0.25, 0.3) is 11.3 Å². The minimum absolute atomic E-state index is 0.0168.